The number of benzene rings is 1. The van der Waals surface area contributed by atoms with E-state index in [-0.39, 0.29) is 0 Å². The first-order chi connectivity index (χ1) is 10.1. The van der Waals surface area contributed by atoms with Gasteiger partial charge in [0.1, 0.15) is 0 Å². The van der Waals surface area contributed by atoms with Gasteiger partial charge in [-0.3, -0.25) is 0 Å². The van der Waals surface area contributed by atoms with E-state index in [4.69, 9.17) is 0 Å². The highest BCUT2D eigenvalue weighted by atomic mass is 32.2. The number of aromatic nitrogens is 1. The SMILES string of the molecule is CS(=O)(=O)c1ccccc1-c1csc(N2CCCCC2)n1. The number of anilines is 1. The Bertz CT molecular complexity index is 732. The minimum atomic E-state index is -3.25. The molecule has 4 nitrogen and oxygen atoms in total. The summed E-state index contributed by atoms with van der Waals surface area (Å²) < 4.78 is 23.8. The van der Waals surface area contributed by atoms with Crippen molar-refractivity contribution in [2.45, 2.75) is 24.2 Å². The summed E-state index contributed by atoms with van der Waals surface area (Å²) >= 11 is 1.59. The van der Waals surface area contributed by atoms with Crippen molar-refractivity contribution in [3.05, 3.63) is 29.6 Å². The highest BCUT2D eigenvalue weighted by molar-refractivity contribution is 7.90. The van der Waals surface area contributed by atoms with Gasteiger partial charge < -0.3 is 4.90 Å². The van der Waals surface area contributed by atoms with Gasteiger partial charge in [0.15, 0.2) is 15.0 Å². The average Bonchev–Trinajstić information content (AvgIpc) is 2.97. The summed E-state index contributed by atoms with van der Waals surface area (Å²) in [7, 11) is -3.25. The van der Waals surface area contributed by atoms with Crippen LogP contribution in [0.4, 0.5) is 5.13 Å². The summed E-state index contributed by atoms with van der Waals surface area (Å²) in [5.74, 6) is 0. The Morgan fingerprint density at radius 2 is 1.86 bits per heavy atom. The zero-order chi connectivity index (χ0) is 14.9. The molecule has 112 valence electrons. The predicted molar refractivity (Wildman–Crippen MR) is 86.7 cm³/mol. The quantitative estimate of drug-likeness (QED) is 0.871. The van der Waals surface area contributed by atoms with E-state index in [0.717, 1.165) is 23.9 Å². The largest absolute Gasteiger partial charge is 0.348 e. The van der Waals surface area contributed by atoms with Crippen molar-refractivity contribution in [2.75, 3.05) is 24.2 Å². The van der Waals surface area contributed by atoms with Crippen LogP contribution in [0.1, 0.15) is 19.3 Å². The van der Waals surface area contributed by atoms with Crippen LogP contribution in [0.5, 0.6) is 0 Å². The zero-order valence-electron chi connectivity index (χ0n) is 11.9. The van der Waals surface area contributed by atoms with E-state index in [1.807, 2.05) is 17.5 Å². The van der Waals surface area contributed by atoms with Crippen molar-refractivity contribution in [1.29, 1.82) is 0 Å². The molecule has 1 fully saturated rings. The summed E-state index contributed by atoms with van der Waals surface area (Å²) in [6.07, 6.45) is 4.93. The van der Waals surface area contributed by atoms with Gasteiger partial charge in [-0.05, 0) is 25.3 Å². The average molecular weight is 322 g/mol. The molecule has 2 aromatic rings. The Labute approximate surface area is 129 Å². The molecule has 1 saturated heterocycles. The first-order valence-corrected chi connectivity index (χ1v) is 9.83. The fourth-order valence-electron chi connectivity index (χ4n) is 2.62. The fourth-order valence-corrected chi connectivity index (χ4v) is 4.40. The van der Waals surface area contributed by atoms with E-state index in [9.17, 15) is 8.42 Å². The lowest BCUT2D eigenvalue weighted by molar-refractivity contribution is 0.577. The summed E-state index contributed by atoms with van der Waals surface area (Å²) in [6.45, 7) is 2.08. The highest BCUT2D eigenvalue weighted by Crippen LogP contribution is 2.32. The molecule has 1 aromatic carbocycles. The van der Waals surface area contributed by atoms with Crippen LogP contribution in [-0.4, -0.2) is 32.7 Å². The van der Waals surface area contributed by atoms with Crippen LogP contribution in [0.25, 0.3) is 11.3 Å². The van der Waals surface area contributed by atoms with Crippen molar-refractivity contribution in [3.8, 4) is 11.3 Å². The van der Waals surface area contributed by atoms with Gasteiger partial charge in [0.05, 0.1) is 10.6 Å². The number of piperidine rings is 1. The van der Waals surface area contributed by atoms with E-state index < -0.39 is 9.84 Å². The van der Waals surface area contributed by atoms with Gasteiger partial charge >= 0.3 is 0 Å². The van der Waals surface area contributed by atoms with Gasteiger partial charge in [0.2, 0.25) is 0 Å². The second-order valence-corrected chi connectivity index (χ2v) is 8.15. The molecule has 21 heavy (non-hydrogen) atoms. The van der Waals surface area contributed by atoms with Gasteiger partial charge in [0.25, 0.3) is 0 Å². The van der Waals surface area contributed by atoms with Gasteiger partial charge in [-0.25, -0.2) is 13.4 Å². The van der Waals surface area contributed by atoms with Crippen LogP contribution in [0.15, 0.2) is 34.5 Å². The first kappa shape index (κ1) is 14.5. The molecule has 0 unspecified atom stereocenters. The zero-order valence-corrected chi connectivity index (χ0v) is 13.6. The molecule has 6 heteroatoms. The van der Waals surface area contributed by atoms with Crippen molar-refractivity contribution >= 4 is 26.3 Å². The predicted octanol–water partition coefficient (Wildman–Crippen LogP) is 3.20. The number of hydrogen-bond acceptors (Lipinski definition) is 5. The van der Waals surface area contributed by atoms with Crippen molar-refractivity contribution in [2.24, 2.45) is 0 Å². The lowest BCUT2D eigenvalue weighted by atomic mass is 10.1. The molecule has 0 saturated carbocycles. The molecule has 0 bridgehead atoms. The van der Waals surface area contributed by atoms with Gasteiger partial charge in [-0.2, -0.15) is 0 Å². The van der Waals surface area contributed by atoms with Crippen LogP contribution in [0.3, 0.4) is 0 Å². The molecule has 1 aromatic heterocycles. The lowest BCUT2D eigenvalue weighted by Crippen LogP contribution is -2.29. The Balaban J connectivity index is 1.97. The molecular formula is C15H18N2O2S2. The molecule has 0 aliphatic carbocycles. The number of sulfone groups is 1. The second-order valence-electron chi connectivity index (χ2n) is 5.33. The Kier molecular flexibility index (Phi) is 3.99. The third-order valence-electron chi connectivity index (χ3n) is 3.68. The third-order valence-corrected chi connectivity index (χ3v) is 5.74. The highest BCUT2D eigenvalue weighted by Gasteiger charge is 2.18. The Morgan fingerprint density at radius 1 is 1.14 bits per heavy atom. The van der Waals surface area contributed by atoms with Crippen LogP contribution in [-0.2, 0) is 9.84 Å². The molecule has 1 aliphatic rings. The van der Waals surface area contributed by atoms with Crippen LogP contribution < -0.4 is 4.90 Å². The molecule has 0 amide bonds. The topological polar surface area (TPSA) is 50.3 Å². The summed E-state index contributed by atoms with van der Waals surface area (Å²) in [6, 6.07) is 7.07. The molecule has 0 spiro atoms. The maximum atomic E-state index is 11.9. The molecule has 2 heterocycles. The van der Waals surface area contributed by atoms with E-state index >= 15 is 0 Å². The molecule has 1 aliphatic heterocycles. The Hall–Kier alpha value is -1.40. The van der Waals surface area contributed by atoms with Crippen molar-refractivity contribution in [3.63, 3.8) is 0 Å². The second kappa shape index (κ2) is 5.77. The molecular weight excluding hydrogens is 304 g/mol. The number of hydrogen-bond donors (Lipinski definition) is 0. The van der Waals surface area contributed by atoms with Gasteiger partial charge in [-0.1, -0.05) is 18.2 Å². The van der Waals surface area contributed by atoms with Crippen molar-refractivity contribution in [1.82, 2.24) is 4.98 Å². The number of rotatable bonds is 3. The summed E-state index contributed by atoms with van der Waals surface area (Å²) in [4.78, 5) is 7.30. The molecule has 0 atom stereocenters. The number of thiazole rings is 1. The lowest BCUT2D eigenvalue weighted by Gasteiger charge is -2.25. The van der Waals surface area contributed by atoms with Gasteiger partial charge in [0, 0.05) is 30.3 Å². The summed E-state index contributed by atoms with van der Waals surface area (Å²) in [5.41, 5.74) is 1.45. The standard InChI is InChI=1S/C15H18N2O2S2/c1-21(18,19)14-8-4-3-7-12(14)13-11-20-15(16-13)17-9-5-2-6-10-17/h3-4,7-8,11H,2,5-6,9-10H2,1H3. The minimum absolute atomic E-state index is 0.348. The normalized spacial score (nSPS) is 16.1. The molecule has 0 radical (unpaired) electrons. The summed E-state index contributed by atoms with van der Waals surface area (Å²) in [5, 5.41) is 2.95. The van der Waals surface area contributed by atoms with E-state index in [1.54, 1.807) is 23.5 Å². The third kappa shape index (κ3) is 3.11. The molecule has 3 rings (SSSR count). The fraction of sp³-hybridized carbons (Fsp3) is 0.400. The van der Waals surface area contributed by atoms with Crippen LogP contribution in [0, 0.1) is 0 Å². The monoisotopic (exact) mass is 322 g/mol. The number of nitrogens with zero attached hydrogens (tertiary/aromatic N) is 2. The van der Waals surface area contributed by atoms with Crippen LogP contribution >= 0.6 is 11.3 Å². The smallest absolute Gasteiger partial charge is 0.185 e. The minimum Gasteiger partial charge on any atom is -0.348 e. The maximum Gasteiger partial charge on any atom is 0.185 e. The Morgan fingerprint density at radius 3 is 2.57 bits per heavy atom. The van der Waals surface area contributed by atoms with Crippen LogP contribution in [0.2, 0.25) is 0 Å². The van der Waals surface area contributed by atoms with Crippen molar-refractivity contribution < 1.29 is 8.42 Å². The maximum absolute atomic E-state index is 11.9. The van der Waals surface area contributed by atoms with E-state index in [2.05, 4.69) is 9.88 Å². The van der Waals surface area contributed by atoms with E-state index in [0.29, 0.717) is 10.5 Å². The first-order valence-electron chi connectivity index (χ1n) is 7.05. The molecule has 0 N–H and O–H groups in total. The van der Waals surface area contributed by atoms with Gasteiger partial charge in [-0.15, -0.1) is 11.3 Å². The van der Waals surface area contributed by atoms with E-state index in [1.165, 1.54) is 25.5 Å².